The zero-order valence-corrected chi connectivity index (χ0v) is 10.9. The van der Waals surface area contributed by atoms with Crippen LogP contribution in [0.1, 0.15) is 16.8 Å². The number of hydrogen-bond donors (Lipinski definition) is 1. The molecule has 1 aliphatic heterocycles. The van der Waals surface area contributed by atoms with E-state index in [1.165, 1.54) is 12.1 Å². The van der Waals surface area contributed by atoms with Crippen molar-refractivity contribution in [2.75, 3.05) is 13.2 Å². The quantitative estimate of drug-likeness (QED) is 0.827. The van der Waals surface area contributed by atoms with E-state index in [1.54, 1.807) is 12.1 Å². The highest BCUT2D eigenvalue weighted by Gasteiger charge is 2.40. The summed E-state index contributed by atoms with van der Waals surface area (Å²) in [7, 11) is 0. The second-order valence-corrected chi connectivity index (χ2v) is 5.01. The minimum absolute atomic E-state index is 0.0512. The number of carbonyl (C=O) groups is 2. The molecule has 0 aromatic heterocycles. The summed E-state index contributed by atoms with van der Waals surface area (Å²) in [5.74, 6) is -0.249. The van der Waals surface area contributed by atoms with Gasteiger partial charge in [-0.25, -0.2) is 4.79 Å². The third-order valence-electron chi connectivity index (χ3n) is 3.74. The van der Waals surface area contributed by atoms with Crippen molar-refractivity contribution in [3.05, 3.63) is 42.0 Å². The summed E-state index contributed by atoms with van der Waals surface area (Å²) in [6.07, 6.45) is 4.92. The molecule has 20 heavy (non-hydrogen) atoms. The maximum absolute atomic E-state index is 11.9. The Morgan fingerprint density at radius 3 is 2.95 bits per heavy atom. The Balaban J connectivity index is 1.56. The fourth-order valence-corrected chi connectivity index (χ4v) is 2.73. The molecule has 5 heteroatoms. The monoisotopic (exact) mass is 273 g/mol. The first-order chi connectivity index (χ1) is 9.65. The predicted molar refractivity (Wildman–Crippen MR) is 71.6 cm³/mol. The van der Waals surface area contributed by atoms with E-state index in [0.717, 1.165) is 6.42 Å². The molecule has 0 radical (unpaired) electrons. The van der Waals surface area contributed by atoms with Crippen LogP contribution in [-0.4, -0.2) is 41.1 Å². The summed E-state index contributed by atoms with van der Waals surface area (Å²) < 4.78 is 5.53. The van der Waals surface area contributed by atoms with Gasteiger partial charge in [0, 0.05) is 0 Å². The smallest absolute Gasteiger partial charge is 0.335 e. The topological polar surface area (TPSA) is 66.8 Å². The van der Waals surface area contributed by atoms with E-state index in [-0.39, 0.29) is 23.4 Å². The van der Waals surface area contributed by atoms with Crippen LogP contribution in [0.15, 0.2) is 36.4 Å². The Bertz CT molecular complexity index is 581. The number of carboxylic acid groups (broad SMARTS) is 1. The van der Waals surface area contributed by atoms with Crippen molar-refractivity contribution < 1.29 is 19.4 Å². The third-order valence-corrected chi connectivity index (χ3v) is 3.74. The molecule has 1 saturated heterocycles. The zero-order valence-electron chi connectivity index (χ0n) is 10.9. The number of aromatic carboxylic acids is 1. The molecule has 1 aliphatic carbocycles. The predicted octanol–water partition coefficient (Wildman–Crippen LogP) is 1.55. The van der Waals surface area contributed by atoms with Crippen molar-refractivity contribution in [1.82, 2.24) is 4.90 Å². The number of ether oxygens (including phenoxy) is 1. The van der Waals surface area contributed by atoms with Crippen molar-refractivity contribution >= 4 is 11.9 Å². The number of amides is 1. The summed E-state index contributed by atoms with van der Waals surface area (Å²) in [6, 6.07) is 6.57. The SMILES string of the molecule is O=C(O)c1cccc(OCCN2C(=O)C3C=CC2C3)c1. The van der Waals surface area contributed by atoms with E-state index >= 15 is 0 Å². The highest BCUT2D eigenvalue weighted by atomic mass is 16.5. The van der Waals surface area contributed by atoms with E-state index in [9.17, 15) is 9.59 Å². The molecule has 1 fully saturated rings. The molecule has 1 aromatic carbocycles. The first kappa shape index (κ1) is 12.7. The molecule has 2 bridgehead atoms. The molecule has 2 aliphatic rings. The molecule has 2 atom stereocenters. The van der Waals surface area contributed by atoms with Crippen LogP contribution in [0.5, 0.6) is 5.75 Å². The first-order valence-electron chi connectivity index (χ1n) is 6.60. The van der Waals surface area contributed by atoms with E-state index in [1.807, 2.05) is 11.0 Å². The lowest BCUT2D eigenvalue weighted by molar-refractivity contribution is -0.131. The van der Waals surface area contributed by atoms with Crippen molar-refractivity contribution in [1.29, 1.82) is 0 Å². The molecule has 5 nitrogen and oxygen atoms in total. The molecule has 1 amide bonds. The van der Waals surface area contributed by atoms with Gasteiger partial charge in [-0.15, -0.1) is 0 Å². The summed E-state index contributed by atoms with van der Waals surface area (Å²) in [4.78, 5) is 24.6. The van der Waals surface area contributed by atoms with Gasteiger partial charge in [0.15, 0.2) is 0 Å². The average Bonchev–Trinajstić information content (AvgIpc) is 3.02. The van der Waals surface area contributed by atoms with E-state index in [0.29, 0.717) is 18.9 Å². The van der Waals surface area contributed by atoms with Crippen molar-refractivity contribution in [3.63, 3.8) is 0 Å². The van der Waals surface area contributed by atoms with Crippen LogP contribution in [0, 0.1) is 5.92 Å². The highest BCUT2D eigenvalue weighted by molar-refractivity contribution is 5.88. The lowest BCUT2D eigenvalue weighted by Crippen LogP contribution is -2.37. The Kier molecular flexibility index (Phi) is 3.18. The molecule has 3 rings (SSSR count). The molecule has 1 heterocycles. The average molecular weight is 273 g/mol. The summed E-state index contributed by atoms with van der Waals surface area (Å²) in [5, 5.41) is 8.90. The summed E-state index contributed by atoms with van der Waals surface area (Å²) >= 11 is 0. The molecule has 0 spiro atoms. The maximum atomic E-state index is 11.9. The maximum Gasteiger partial charge on any atom is 0.335 e. The van der Waals surface area contributed by atoms with Gasteiger partial charge in [-0.3, -0.25) is 4.79 Å². The molecule has 0 saturated carbocycles. The number of rotatable bonds is 5. The van der Waals surface area contributed by atoms with Gasteiger partial charge in [0.05, 0.1) is 24.1 Å². The van der Waals surface area contributed by atoms with Crippen LogP contribution in [0.3, 0.4) is 0 Å². The number of nitrogens with zero attached hydrogens (tertiary/aromatic N) is 1. The molecule has 104 valence electrons. The molecular formula is C15H15NO4. The van der Waals surface area contributed by atoms with Crippen LogP contribution < -0.4 is 4.74 Å². The lowest BCUT2D eigenvalue weighted by atomic mass is 10.1. The van der Waals surface area contributed by atoms with Gasteiger partial charge in [0.2, 0.25) is 5.91 Å². The zero-order chi connectivity index (χ0) is 14.1. The van der Waals surface area contributed by atoms with Crippen LogP contribution in [0.4, 0.5) is 0 Å². The Hall–Kier alpha value is -2.30. The van der Waals surface area contributed by atoms with Gasteiger partial charge in [0.25, 0.3) is 0 Å². The van der Waals surface area contributed by atoms with Gasteiger partial charge in [-0.2, -0.15) is 0 Å². The van der Waals surface area contributed by atoms with Crippen molar-refractivity contribution in [2.45, 2.75) is 12.5 Å². The van der Waals surface area contributed by atoms with E-state index in [2.05, 4.69) is 6.08 Å². The van der Waals surface area contributed by atoms with Crippen LogP contribution in [0.25, 0.3) is 0 Å². The number of carboxylic acids is 1. The van der Waals surface area contributed by atoms with Crippen molar-refractivity contribution in [2.24, 2.45) is 5.92 Å². The lowest BCUT2D eigenvalue weighted by Gasteiger charge is -2.24. The fraction of sp³-hybridized carbons (Fsp3) is 0.333. The number of fused-ring (bicyclic) bond motifs is 2. The normalized spacial score (nSPS) is 23.4. The fourth-order valence-electron chi connectivity index (χ4n) is 2.73. The Labute approximate surface area is 116 Å². The standard InChI is InChI=1S/C15H15NO4/c17-14-10-4-5-12(8-10)16(14)6-7-20-13-3-1-2-11(9-13)15(18)19/h1-5,9-10,12H,6-8H2,(H,18,19). The van der Waals surface area contributed by atoms with Gasteiger partial charge in [-0.1, -0.05) is 18.2 Å². The first-order valence-corrected chi connectivity index (χ1v) is 6.60. The molecule has 1 aromatic rings. The van der Waals surface area contributed by atoms with Crippen LogP contribution >= 0.6 is 0 Å². The van der Waals surface area contributed by atoms with Crippen LogP contribution in [-0.2, 0) is 4.79 Å². The second kappa shape index (κ2) is 5.00. The largest absolute Gasteiger partial charge is 0.492 e. The highest BCUT2D eigenvalue weighted by Crippen LogP contribution is 2.32. The van der Waals surface area contributed by atoms with Gasteiger partial charge >= 0.3 is 5.97 Å². The number of hydrogen-bond acceptors (Lipinski definition) is 3. The summed E-state index contributed by atoms with van der Waals surface area (Å²) in [6.45, 7) is 0.896. The second-order valence-electron chi connectivity index (χ2n) is 5.01. The third kappa shape index (κ3) is 2.27. The Morgan fingerprint density at radius 1 is 1.40 bits per heavy atom. The van der Waals surface area contributed by atoms with E-state index < -0.39 is 5.97 Å². The number of likely N-dealkylation sites (tertiary alicyclic amines) is 1. The Morgan fingerprint density at radius 2 is 2.25 bits per heavy atom. The summed E-state index contributed by atoms with van der Waals surface area (Å²) in [5.41, 5.74) is 0.196. The van der Waals surface area contributed by atoms with Crippen LogP contribution in [0.2, 0.25) is 0 Å². The molecular weight excluding hydrogens is 258 g/mol. The van der Waals surface area contributed by atoms with Crippen molar-refractivity contribution in [3.8, 4) is 5.75 Å². The van der Waals surface area contributed by atoms with Gasteiger partial charge < -0.3 is 14.7 Å². The van der Waals surface area contributed by atoms with Gasteiger partial charge in [-0.05, 0) is 24.6 Å². The molecule has 2 unspecified atom stereocenters. The van der Waals surface area contributed by atoms with Gasteiger partial charge in [0.1, 0.15) is 12.4 Å². The number of benzene rings is 1. The number of carbonyl (C=O) groups excluding carboxylic acids is 1. The minimum atomic E-state index is -0.979. The van der Waals surface area contributed by atoms with E-state index in [4.69, 9.17) is 9.84 Å². The molecule has 1 N–H and O–H groups in total. The minimum Gasteiger partial charge on any atom is -0.492 e.